The summed E-state index contributed by atoms with van der Waals surface area (Å²) in [6, 6.07) is 11.7. The molecule has 0 aliphatic carbocycles. The first kappa shape index (κ1) is 11.7. The third-order valence-corrected chi connectivity index (χ3v) is 3.53. The van der Waals surface area contributed by atoms with Crippen LogP contribution in [-0.4, -0.2) is 6.29 Å². The van der Waals surface area contributed by atoms with Crippen molar-refractivity contribution in [1.82, 2.24) is 0 Å². The van der Waals surface area contributed by atoms with Gasteiger partial charge in [-0.1, -0.05) is 18.2 Å². The fraction of sp³-hybridized carbons (Fsp3) is 0.118. The van der Waals surface area contributed by atoms with Crippen LogP contribution in [0.3, 0.4) is 0 Å². The van der Waals surface area contributed by atoms with Gasteiger partial charge >= 0.3 is 0 Å². The van der Waals surface area contributed by atoms with E-state index in [1.807, 2.05) is 36.4 Å². The smallest absolute Gasteiger partial charge is 0.150 e. The van der Waals surface area contributed by atoms with E-state index in [2.05, 4.69) is 13.8 Å². The molecule has 0 saturated heterocycles. The maximum absolute atomic E-state index is 10.9. The summed E-state index contributed by atoms with van der Waals surface area (Å²) < 4.78 is 5.46. The van der Waals surface area contributed by atoms with Crippen LogP contribution in [0.1, 0.15) is 21.5 Å². The second-order valence-corrected chi connectivity index (χ2v) is 4.77. The van der Waals surface area contributed by atoms with Crippen LogP contribution in [0.5, 0.6) is 0 Å². The predicted molar refractivity (Wildman–Crippen MR) is 76.5 cm³/mol. The van der Waals surface area contributed by atoms with E-state index in [0.717, 1.165) is 28.4 Å². The largest absolute Gasteiger partial charge is 0.464 e. The molecule has 0 N–H and O–H groups in total. The molecule has 0 aliphatic rings. The van der Waals surface area contributed by atoms with Gasteiger partial charge in [-0.3, -0.25) is 4.79 Å². The standard InChI is InChI=1S/C17H14O2/c1-11-8-16-15(6-7-19-16)12(2)17(11)14-5-3-4-13(9-14)10-18/h3-10H,1-2H3. The van der Waals surface area contributed by atoms with Crippen molar-refractivity contribution in [2.24, 2.45) is 0 Å². The van der Waals surface area contributed by atoms with Gasteiger partial charge in [0.15, 0.2) is 0 Å². The van der Waals surface area contributed by atoms with E-state index in [9.17, 15) is 4.79 Å². The maximum atomic E-state index is 10.9. The second-order valence-electron chi connectivity index (χ2n) is 4.77. The second kappa shape index (κ2) is 4.39. The number of benzene rings is 2. The zero-order valence-electron chi connectivity index (χ0n) is 10.9. The number of furan rings is 1. The van der Waals surface area contributed by atoms with Crippen LogP contribution in [0.15, 0.2) is 47.1 Å². The van der Waals surface area contributed by atoms with Crippen molar-refractivity contribution in [2.45, 2.75) is 13.8 Å². The van der Waals surface area contributed by atoms with Gasteiger partial charge in [0.25, 0.3) is 0 Å². The Kier molecular flexibility index (Phi) is 2.71. The van der Waals surface area contributed by atoms with Gasteiger partial charge in [0.1, 0.15) is 11.9 Å². The van der Waals surface area contributed by atoms with Crippen LogP contribution < -0.4 is 0 Å². The molecule has 1 aromatic heterocycles. The molecular weight excluding hydrogens is 236 g/mol. The van der Waals surface area contributed by atoms with E-state index in [-0.39, 0.29) is 0 Å². The van der Waals surface area contributed by atoms with Crippen molar-refractivity contribution in [3.63, 3.8) is 0 Å². The highest BCUT2D eigenvalue weighted by atomic mass is 16.3. The zero-order valence-corrected chi connectivity index (χ0v) is 10.9. The Balaban J connectivity index is 2.31. The topological polar surface area (TPSA) is 30.2 Å². The van der Waals surface area contributed by atoms with Gasteiger partial charge in [0.05, 0.1) is 6.26 Å². The van der Waals surface area contributed by atoms with Gasteiger partial charge in [-0.25, -0.2) is 0 Å². The van der Waals surface area contributed by atoms with Crippen molar-refractivity contribution >= 4 is 17.3 Å². The first-order valence-corrected chi connectivity index (χ1v) is 6.23. The summed E-state index contributed by atoms with van der Waals surface area (Å²) in [5.74, 6) is 0. The predicted octanol–water partition coefficient (Wildman–Crippen LogP) is 4.53. The van der Waals surface area contributed by atoms with E-state index < -0.39 is 0 Å². The summed E-state index contributed by atoms with van der Waals surface area (Å²) >= 11 is 0. The van der Waals surface area contributed by atoms with E-state index in [0.29, 0.717) is 5.56 Å². The zero-order chi connectivity index (χ0) is 13.4. The van der Waals surface area contributed by atoms with E-state index >= 15 is 0 Å². The molecule has 19 heavy (non-hydrogen) atoms. The summed E-state index contributed by atoms with van der Waals surface area (Å²) in [7, 11) is 0. The monoisotopic (exact) mass is 250 g/mol. The van der Waals surface area contributed by atoms with Crippen LogP contribution >= 0.6 is 0 Å². The highest BCUT2D eigenvalue weighted by molar-refractivity contribution is 5.91. The van der Waals surface area contributed by atoms with Crippen LogP contribution in [0.2, 0.25) is 0 Å². The molecule has 3 rings (SSSR count). The molecule has 0 spiro atoms. The number of carbonyl (C=O) groups excluding carboxylic acids is 1. The molecule has 3 aromatic rings. The number of hydrogen-bond donors (Lipinski definition) is 0. The minimum absolute atomic E-state index is 0.698. The third kappa shape index (κ3) is 1.85. The Morgan fingerprint density at radius 3 is 2.74 bits per heavy atom. The van der Waals surface area contributed by atoms with E-state index in [4.69, 9.17) is 4.42 Å². The van der Waals surface area contributed by atoms with Gasteiger partial charge in [-0.15, -0.1) is 0 Å². The molecule has 0 bridgehead atoms. The fourth-order valence-corrected chi connectivity index (χ4v) is 2.65. The highest BCUT2D eigenvalue weighted by Gasteiger charge is 2.11. The minimum Gasteiger partial charge on any atom is -0.464 e. The molecule has 0 atom stereocenters. The summed E-state index contributed by atoms with van der Waals surface area (Å²) in [6.45, 7) is 4.16. The number of rotatable bonds is 2. The van der Waals surface area contributed by atoms with Gasteiger partial charge in [0, 0.05) is 10.9 Å². The first-order chi connectivity index (χ1) is 9.20. The summed E-state index contributed by atoms with van der Waals surface area (Å²) in [6.07, 6.45) is 2.59. The van der Waals surface area contributed by atoms with Crippen LogP contribution in [0.25, 0.3) is 22.1 Å². The van der Waals surface area contributed by atoms with Crippen molar-refractivity contribution < 1.29 is 9.21 Å². The van der Waals surface area contributed by atoms with Crippen molar-refractivity contribution in [3.05, 3.63) is 59.4 Å². The number of carbonyl (C=O) groups is 1. The molecule has 94 valence electrons. The normalized spacial score (nSPS) is 10.8. The molecule has 0 unspecified atom stereocenters. The minimum atomic E-state index is 0.698. The quantitative estimate of drug-likeness (QED) is 0.625. The molecule has 0 aliphatic heterocycles. The average molecular weight is 250 g/mol. The molecule has 0 amide bonds. The molecule has 1 heterocycles. The van der Waals surface area contributed by atoms with Crippen LogP contribution in [0.4, 0.5) is 0 Å². The SMILES string of the molecule is Cc1cc2occc2c(C)c1-c1cccc(C=O)c1. The first-order valence-electron chi connectivity index (χ1n) is 6.23. The van der Waals surface area contributed by atoms with Gasteiger partial charge < -0.3 is 4.42 Å². The molecule has 2 heteroatoms. The lowest BCUT2D eigenvalue weighted by Gasteiger charge is -2.11. The molecule has 0 fully saturated rings. The van der Waals surface area contributed by atoms with Gasteiger partial charge in [-0.05, 0) is 54.3 Å². The fourth-order valence-electron chi connectivity index (χ4n) is 2.65. The number of hydrogen-bond acceptors (Lipinski definition) is 2. The van der Waals surface area contributed by atoms with E-state index in [1.165, 1.54) is 11.1 Å². The summed E-state index contributed by atoms with van der Waals surface area (Å²) in [4.78, 5) is 10.9. The Labute approximate surface area is 111 Å². The Hall–Kier alpha value is -2.35. The molecular formula is C17H14O2. The van der Waals surface area contributed by atoms with Crippen molar-refractivity contribution in [1.29, 1.82) is 0 Å². The lowest BCUT2D eigenvalue weighted by Crippen LogP contribution is -1.90. The van der Waals surface area contributed by atoms with E-state index in [1.54, 1.807) is 6.26 Å². The van der Waals surface area contributed by atoms with Gasteiger partial charge in [-0.2, -0.15) is 0 Å². The average Bonchev–Trinajstić information content (AvgIpc) is 2.87. The molecule has 2 nitrogen and oxygen atoms in total. The Bertz CT molecular complexity index is 766. The number of aldehydes is 1. The van der Waals surface area contributed by atoms with Crippen LogP contribution in [0, 0.1) is 13.8 Å². The van der Waals surface area contributed by atoms with Gasteiger partial charge in [0.2, 0.25) is 0 Å². The Morgan fingerprint density at radius 2 is 1.95 bits per heavy atom. The number of aryl methyl sites for hydroxylation is 2. The summed E-state index contributed by atoms with van der Waals surface area (Å²) in [5.41, 5.74) is 6.20. The summed E-state index contributed by atoms with van der Waals surface area (Å²) in [5, 5.41) is 1.12. The van der Waals surface area contributed by atoms with Crippen molar-refractivity contribution in [2.75, 3.05) is 0 Å². The van der Waals surface area contributed by atoms with Crippen LogP contribution in [-0.2, 0) is 0 Å². The Morgan fingerprint density at radius 1 is 1.11 bits per heavy atom. The lowest BCUT2D eigenvalue weighted by molar-refractivity contribution is 0.112. The maximum Gasteiger partial charge on any atom is 0.150 e. The van der Waals surface area contributed by atoms with Crippen molar-refractivity contribution in [3.8, 4) is 11.1 Å². The molecule has 2 aromatic carbocycles. The lowest BCUT2D eigenvalue weighted by atomic mass is 9.93. The number of fused-ring (bicyclic) bond motifs is 1. The molecule has 0 saturated carbocycles. The highest BCUT2D eigenvalue weighted by Crippen LogP contribution is 2.33. The molecule has 0 radical (unpaired) electrons. The third-order valence-electron chi connectivity index (χ3n) is 3.53.